The number of nitrogens with zero attached hydrogens (tertiary/aromatic N) is 3. The molecule has 1 saturated heterocycles. The summed E-state index contributed by atoms with van der Waals surface area (Å²) in [5.74, 6) is 0.534. The SMILES string of the molecule is Cc1ccc(COc2ccc(N(C)C(=O)c3ccccc3N)cc2)c(C(=O)N2CCN(C)CC2)c1. The lowest BCUT2D eigenvalue weighted by atomic mass is 10.0. The number of nitrogen functional groups attached to an aromatic ring is 1. The van der Waals surface area contributed by atoms with Gasteiger partial charge in [-0.3, -0.25) is 9.59 Å². The molecule has 2 amide bonds. The summed E-state index contributed by atoms with van der Waals surface area (Å²) in [5.41, 5.74) is 10.2. The van der Waals surface area contributed by atoms with E-state index in [0.29, 0.717) is 22.6 Å². The predicted octanol–water partition coefficient (Wildman–Crippen LogP) is 3.82. The summed E-state index contributed by atoms with van der Waals surface area (Å²) in [6.07, 6.45) is 0. The van der Waals surface area contributed by atoms with Crippen molar-refractivity contribution in [2.75, 3.05) is 50.9 Å². The van der Waals surface area contributed by atoms with E-state index < -0.39 is 0 Å². The molecule has 0 aliphatic carbocycles. The molecule has 182 valence electrons. The minimum Gasteiger partial charge on any atom is -0.489 e. The second-order valence-electron chi connectivity index (χ2n) is 8.99. The molecule has 2 N–H and O–H groups in total. The van der Waals surface area contributed by atoms with E-state index in [1.165, 1.54) is 0 Å². The molecule has 4 rings (SSSR count). The predicted molar refractivity (Wildman–Crippen MR) is 139 cm³/mol. The summed E-state index contributed by atoms with van der Waals surface area (Å²) in [4.78, 5) is 31.7. The Labute approximate surface area is 206 Å². The maximum atomic E-state index is 13.2. The average Bonchev–Trinajstić information content (AvgIpc) is 2.88. The summed E-state index contributed by atoms with van der Waals surface area (Å²) >= 11 is 0. The largest absolute Gasteiger partial charge is 0.489 e. The standard InChI is InChI=1S/C28H32N4O3/c1-20-8-9-21(25(18-20)28(34)32-16-14-30(2)15-17-32)19-35-23-12-10-22(11-13-23)31(3)27(33)24-6-4-5-7-26(24)29/h4-13,18H,14-17,19,29H2,1-3H3. The molecule has 7 nitrogen and oxygen atoms in total. The highest BCUT2D eigenvalue weighted by Gasteiger charge is 2.23. The lowest BCUT2D eigenvalue weighted by Crippen LogP contribution is -2.47. The Kier molecular flexibility index (Phi) is 7.36. The first-order chi connectivity index (χ1) is 16.8. The Balaban J connectivity index is 1.43. The Morgan fingerprint density at radius 3 is 2.31 bits per heavy atom. The zero-order valence-electron chi connectivity index (χ0n) is 20.5. The quantitative estimate of drug-likeness (QED) is 0.552. The first-order valence-corrected chi connectivity index (χ1v) is 11.8. The van der Waals surface area contributed by atoms with Gasteiger partial charge >= 0.3 is 0 Å². The van der Waals surface area contributed by atoms with Gasteiger partial charge in [-0.1, -0.05) is 29.8 Å². The van der Waals surface area contributed by atoms with Gasteiger partial charge in [-0.05, 0) is 56.4 Å². The van der Waals surface area contributed by atoms with Gasteiger partial charge in [0.2, 0.25) is 0 Å². The highest BCUT2D eigenvalue weighted by Crippen LogP contribution is 2.24. The molecule has 0 aromatic heterocycles. The molecule has 1 aliphatic heterocycles. The smallest absolute Gasteiger partial charge is 0.260 e. The van der Waals surface area contributed by atoms with E-state index in [9.17, 15) is 9.59 Å². The van der Waals surface area contributed by atoms with Crippen LogP contribution in [0.25, 0.3) is 0 Å². The van der Waals surface area contributed by atoms with Gasteiger partial charge < -0.3 is 25.2 Å². The zero-order valence-corrected chi connectivity index (χ0v) is 20.5. The fourth-order valence-electron chi connectivity index (χ4n) is 4.11. The third-order valence-electron chi connectivity index (χ3n) is 6.40. The molecular formula is C28H32N4O3. The molecule has 1 heterocycles. The van der Waals surface area contributed by atoms with Gasteiger partial charge in [0, 0.05) is 55.7 Å². The van der Waals surface area contributed by atoms with E-state index in [2.05, 4.69) is 11.9 Å². The van der Waals surface area contributed by atoms with Crippen LogP contribution >= 0.6 is 0 Å². The summed E-state index contributed by atoms with van der Waals surface area (Å²) in [5, 5.41) is 0. The van der Waals surface area contributed by atoms with Gasteiger partial charge in [0.25, 0.3) is 11.8 Å². The molecular weight excluding hydrogens is 440 g/mol. The first kappa shape index (κ1) is 24.3. The molecule has 7 heteroatoms. The van der Waals surface area contributed by atoms with Crippen molar-refractivity contribution >= 4 is 23.2 Å². The van der Waals surface area contributed by atoms with Gasteiger partial charge in [0.05, 0.1) is 5.56 Å². The Bertz CT molecular complexity index is 1200. The van der Waals surface area contributed by atoms with Crippen LogP contribution in [0.15, 0.2) is 66.7 Å². The van der Waals surface area contributed by atoms with E-state index in [0.717, 1.165) is 43.0 Å². The van der Waals surface area contributed by atoms with Gasteiger partial charge in [-0.15, -0.1) is 0 Å². The van der Waals surface area contributed by atoms with Crippen molar-refractivity contribution in [2.24, 2.45) is 0 Å². The van der Waals surface area contributed by atoms with Crippen molar-refractivity contribution < 1.29 is 14.3 Å². The number of aryl methyl sites for hydroxylation is 1. The fraction of sp³-hybridized carbons (Fsp3) is 0.286. The normalized spacial score (nSPS) is 14.0. The minimum atomic E-state index is -0.177. The number of likely N-dealkylation sites (N-methyl/N-ethyl adjacent to an activating group) is 1. The number of benzene rings is 3. The van der Waals surface area contributed by atoms with Crippen molar-refractivity contribution in [1.82, 2.24) is 9.80 Å². The molecule has 0 spiro atoms. The maximum Gasteiger partial charge on any atom is 0.260 e. The number of carbonyl (C=O) groups excluding carboxylic acids is 2. The number of hydrogen-bond donors (Lipinski definition) is 1. The summed E-state index contributed by atoms with van der Waals surface area (Å²) in [6.45, 7) is 5.49. The molecule has 3 aromatic rings. The number of ether oxygens (including phenoxy) is 1. The van der Waals surface area contributed by atoms with Gasteiger partial charge in [-0.25, -0.2) is 0 Å². The fourth-order valence-corrected chi connectivity index (χ4v) is 4.11. The number of anilines is 2. The van der Waals surface area contributed by atoms with Gasteiger partial charge in [-0.2, -0.15) is 0 Å². The maximum absolute atomic E-state index is 13.2. The molecule has 3 aromatic carbocycles. The number of amides is 2. The molecule has 35 heavy (non-hydrogen) atoms. The molecule has 0 unspecified atom stereocenters. The summed E-state index contributed by atoms with van der Waals surface area (Å²) < 4.78 is 6.02. The van der Waals surface area contributed by atoms with Crippen LogP contribution in [-0.2, 0) is 6.61 Å². The average molecular weight is 473 g/mol. The summed E-state index contributed by atoms with van der Waals surface area (Å²) in [7, 11) is 3.79. The summed E-state index contributed by atoms with van der Waals surface area (Å²) in [6, 6.07) is 20.2. The Morgan fingerprint density at radius 1 is 0.943 bits per heavy atom. The Hall–Kier alpha value is -3.84. The molecule has 0 radical (unpaired) electrons. The third kappa shape index (κ3) is 5.63. The molecule has 0 bridgehead atoms. The highest BCUT2D eigenvalue weighted by atomic mass is 16.5. The van der Waals surface area contributed by atoms with E-state index in [-0.39, 0.29) is 18.4 Å². The minimum absolute atomic E-state index is 0.0519. The van der Waals surface area contributed by atoms with Gasteiger partial charge in [0.1, 0.15) is 12.4 Å². The number of nitrogens with two attached hydrogens (primary N) is 1. The Morgan fingerprint density at radius 2 is 1.63 bits per heavy atom. The lowest BCUT2D eigenvalue weighted by Gasteiger charge is -2.33. The topological polar surface area (TPSA) is 79.1 Å². The van der Waals surface area contributed by atoms with Crippen LogP contribution in [0, 0.1) is 6.92 Å². The number of piperazine rings is 1. The molecule has 1 fully saturated rings. The van der Waals surface area contributed by atoms with Crippen LogP contribution in [-0.4, -0.2) is 61.9 Å². The van der Waals surface area contributed by atoms with Crippen molar-refractivity contribution in [3.63, 3.8) is 0 Å². The van der Waals surface area contributed by atoms with Crippen molar-refractivity contribution in [1.29, 1.82) is 0 Å². The van der Waals surface area contributed by atoms with Gasteiger partial charge in [0.15, 0.2) is 0 Å². The number of carbonyl (C=O) groups is 2. The van der Waals surface area contributed by atoms with Crippen molar-refractivity contribution in [3.8, 4) is 5.75 Å². The number of hydrogen-bond acceptors (Lipinski definition) is 5. The van der Waals surface area contributed by atoms with E-state index in [4.69, 9.17) is 10.5 Å². The lowest BCUT2D eigenvalue weighted by molar-refractivity contribution is 0.0661. The second kappa shape index (κ2) is 10.6. The number of rotatable bonds is 6. The zero-order chi connectivity index (χ0) is 24.9. The van der Waals surface area contributed by atoms with Crippen LogP contribution in [0.1, 0.15) is 31.8 Å². The van der Waals surface area contributed by atoms with E-state index in [1.54, 1.807) is 36.2 Å². The van der Waals surface area contributed by atoms with Crippen LogP contribution in [0.5, 0.6) is 5.75 Å². The molecule has 0 saturated carbocycles. The van der Waals surface area contributed by atoms with Crippen LogP contribution < -0.4 is 15.4 Å². The van der Waals surface area contributed by atoms with Crippen LogP contribution in [0.4, 0.5) is 11.4 Å². The first-order valence-electron chi connectivity index (χ1n) is 11.8. The van der Waals surface area contributed by atoms with E-state index in [1.807, 2.05) is 54.3 Å². The number of para-hydroxylation sites is 1. The van der Waals surface area contributed by atoms with Crippen molar-refractivity contribution in [2.45, 2.75) is 13.5 Å². The molecule has 1 aliphatic rings. The molecule has 0 atom stereocenters. The van der Waals surface area contributed by atoms with Crippen LogP contribution in [0.2, 0.25) is 0 Å². The monoisotopic (exact) mass is 472 g/mol. The van der Waals surface area contributed by atoms with Crippen molar-refractivity contribution in [3.05, 3.63) is 89.0 Å². The van der Waals surface area contributed by atoms with Crippen LogP contribution in [0.3, 0.4) is 0 Å². The van der Waals surface area contributed by atoms with E-state index >= 15 is 0 Å². The third-order valence-corrected chi connectivity index (χ3v) is 6.40. The second-order valence-corrected chi connectivity index (χ2v) is 8.99. The highest BCUT2D eigenvalue weighted by molar-refractivity contribution is 6.09.